The highest BCUT2D eigenvalue weighted by molar-refractivity contribution is 6.30. The second-order valence-electron chi connectivity index (χ2n) is 11.2. The predicted molar refractivity (Wildman–Crippen MR) is 169 cm³/mol. The quantitative estimate of drug-likeness (QED) is 0.210. The molecule has 1 unspecified atom stereocenters. The van der Waals surface area contributed by atoms with Crippen LogP contribution >= 0.6 is 11.6 Å². The summed E-state index contributed by atoms with van der Waals surface area (Å²) in [6.07, 6.45) is 1.67. The minimum atomic E-state index is -0.811. The molecule has 0 saturated carbocycles. The van der Waals surface area contributed by atoms with Crippen molar-refractivity contribution < 1.29 is 28.6 Å². The van der Waals surface area contributed by atoms with Crippen LogP contribution in [0.25, 0.3) is 16.8 Å². The largest absolute Gasteiger partial charge is 0.447 e. The third kappa shape index (κ3) is 7.32. The number of aliphatic hydroxyl groups excluding tert-OH is 1. The minimum absolute atomic E-state index is 0.0201. The number of aliphatic hydroxyl groups is 1. The summed E-state index contributed by atoms with van der Waals surface area (Å²) in [5.41, 5.74) is 3.23. The third-order valence-electron chi connectivity index (χ3n) is 7.58. The Bertz CT molecular complexity index is 1780. The average molecular weight is 650 g/mol. The molecule has 0 radical (unpaired) electrons. The number of rotatable bonds is 6. The van der Waals surface area contributed by atoms with Gasteiger partial charge >= 0.3 is 6.09 Å². The highest BCUT2D eigenvalue weighted by atomic mass is 35.5. The number of nitrogens with zero attached hydrogens (tertiary/aromatic N) is 4. The van der Waals surface area contributed by atoms with Gasteiger partial charge in [-0.15, -0.1) is 5.10 Å². The first-order chi connectivity index (χ1) is 22.0. The third-order valence-corrected chi connectivity index (χ3v) is 7.87. The maximum absolute atomic E-state index is 14.7. The second kappa shape index (κ2) is 14.0. The van der Waals surface area contributed by atoms with Crippen molar-refractivity contribution in [2.75, 3.05) is 17.2 Å². The van der Waals surface area contributed by atoms with Gasteiger partial charge in [0.05, 0.1) is 34.2 Å². The zero-order valence-corrected chi connectivity index (χ0v) is 26.1. The summed E-state index contributed by atoms with van der Waals surface area (Å²) in [4.78, 5) is 43.5. The van der Waals surface area contributed by atoms with Gasteiger partial charge in [0, 0.05) is 23.4 Å². The molecule has 0 saturated heterocycles. The lowest BCUT2D eigenvalue weighted by atomic mass is 9.95. The van der Waals surface area contributed by atoms with Crippen LogP contribution in [-0.2, 0) is 9.53 Å². The number of pyridine rings is 1. The van der Waals surface area contributed by atoms with E-state index in [1.807, 2.05) is 13.0 Å². The van der Waals surface area contributed by atoms with Gasteiger partial charge in [0.15, 0.2) is 11.5 Å². The van der Waals surface area contributed by atoms with Crippen LogP contribution < -0.4 is 16.0 Å². The Kier molecular flexibility index (Phi) is 9.93. The molecule has 0 fully saturated rings. The normalized spacial score (nSPS) is 17.0. The Morgan fingerprint density at radius 2 is 2.02 bits per heavy atom. The lowest BCUT2D eigenvalue weighted by Crippen LogP contribution is -2.30. The Labute approximate surface area is 269 Å². The zero-order valence-electron chi connectivity index (χ0n) is 25.4. The first kappa shape index (κ1) is 32.5. The summed E-state index contributed by atoms with van der Waals surface area (Å²) in [5.74, 6) is -1.76. The lowest BCUT2D eigenvalue weighted by Gasteiger charge is -2.22. The van der Waals surface area contributed by atoms with Crippen LogP contribution in [-0.4, -0.2) is 55.7 Å². The number of hydrogen-bond donors (Lipinski definition) is 4. The van der Waals surface area contributed by atoms with E-state index in [1.165, 1.54) is 23.7 Å². The van der Waals surface area contributed by atoms with E-state index in [9.17, 15) is 23.9 Å². The van der Waals surface area contributed by atoms with Crippen LogP contribution in [0.4, 0.5) is 20.6 Å². The Morgan fingerprint density at radius 3 is 2.80 bits per heavy atom. The molecule has 4 aromatic rings. The van der Waals surface area contributed by atoms with E-state index >= 15 is 0 Å². The fraction of sp³-hybridized carbons (Fsp3) is 0.312. The van der Waals surface area contributed by atoms with Crippen molar-refractivity contribution >= 4 is 40.9 Å². The maximum Gasteiger partial charge on any atom is 0.411 e. The number of hydrogen-bond acceptors (Lipinski definition) is 8. The van der Waals surface area contributed by atoms with E-state index in [0.717, 1.165) is 5.56 Å². The number of aromatic nitrogens is 4. The summed E-state index contributed by atoms with van der Waals surface area (Å²) in [7, 11) is 0. The molecule has 4 N–H and O–H groups in total. The summed E-state index contributed by atoms with van der Waals surface area (Å²) in [5, 5.41) is 25.9. The van der Waals surface area contributed by atoms with Gasteiger partial charge in [0.1, 0.15) is 12.3 Å². The molecule has 2 aromatic carbocycles. The van der Waals surface area contributed by atoms with Gasteiger partial charge in [0.25, 0.3) is 5.91 Å². The number of benzene rings is 2. The van der Waals surface area contributed by atoms with Crippen LogP contribution in [0, 0.1) is 18.7 Å². The van der Waals surface area contributed by atoms with Crippen molar-refractivity contribution in [1.82, 2.24) is 25.3 Å². The summed E-state index contributed by atoms with van der Waals surface area (Å²) in [6.45, 7) is 4.77. The monoisotopic (exact) mass is 649 g/mol. The van der Waals surface area contributed by atoms with Crippen molar-refractivity contribution in [1.29, 1.82) is 0 Å². The average Bonchev–Trinajstić information content (AvgIpc) is 3.41. The molecule has 3 heterocycles. The number of halogens is 2. The van der Waals surface area contributed by atoms with Crippen LogP contribution in [0.5, 0.6) is 0 Å². The van der Waals surface area contributed by atoms with Gasteiger partial charge in [0.2, 0.25) is 5.91 Å². The van der Waals surface area contributed by atoms with E-state index < -0.39 is 30.0 Å². The number of nitrogens with one attached hydrogen (secondary N) is 3. The standard InChI is InChI=1S/C32H33ClFN7O5/c1-17-6-4-8-24(37-31(44)29-19(3)41(40-39-29)27-9-5-7-23(33)28(27)34)26-14-20(12-13-35-26)22-11-10-21(15-25(22)38-30(17)43)36-32(45)46-16-18(2)42/h5,7,9-15,17-18,24,42H,4,6,8,16H2,1-3H3,(H,36,45)(H,37,44)(H,38,43)/t17-,18?,24+/m1/s1. The van der Waals surface area contributed by atoms with Crippen molar-refractivity contribution in [2.24, 2.45) is 5.92 Å². The summed E-state index contributed by atoms with van der Waals surface area (Å²) in [6, 6.07) is 12.6. The highest BCUT2D eigenvalue weighted by Crippen LogP contribution is 2.34. The molecule has 2 aromatic heterocycles. The van der Waals surface area contributed by atoms with E-state index in [4.69, 9.17) is 16.3 Å². The molecule has 2 bridgehead atoms. The van der Waals surface area contributed by atoms with Crippen LogP contribution in [0.15, 0.2) is 54.7 Å². The molecule has 12 nitrogen and oxygen atoms in total. The fourth-order valence-corrected chi connectivity index (χ4v) is 5.26. The van der Waals surface area contributed by atoms with Gasteiger partial charge in [-0.1, -0.05) is 42.3 Å². The topological polar surface area (TPSA) is 160 Å². The number of ether oxygens (including phenoxy) is 1. The molecular weight excluding hydrogens is 617 g/mol. The molecule has 3 atom stereocenters. The molecule has 14 heteroatoms. The smallest absolute Gasteiger partial charge is 0.411 e. The maximum atomic E-state index is 14.7. The first-order valence-electron chi connectivity index (χ1n) is 14.7. The summed E-state index contributed by atoms with van der Waals surface area (Å²) >= 11 is 5.94. The fourth-order valence-electron chi connectivity index (χ4n) is 5.09. The molecule has 5 rings (SSSR count). The van der Waals surface area contributed by atoms with Crippen molar-refractivity contribution in [3.63, 3.8) is 0 Å². The Balaban J connectivity index is 1.44. The molecule has 1 aliphatic rings. The van der Waals surface area contributed by atoms with Crippen molar-refractivity contribution in [2.45, 2.75) is 52.2 Å². The lowest BCUT2D eigenvalue weighted by molar-refractivity contribution is -0.119. The minimum Gasteiger partial charge on any atom is -0.447 e. The van der Waals surface area contributed by atoms with Crippen LogP contribution in [0.2, 0.25) is 5.02 Å². The number of carbonyl (C=O) groups is 3. The van der Waals surface area contributed by atoms with Crippen LogP contribution in [0.1, 0.15) is 61.0 Å². The van der Waals surface area contributed by atoms with Crippen molar-refractivity contribution in [3.8, 4) is 16.8 Å². The number of carbonyl (C=O) groups excluding carboxylic acids is 3. The molecule has 1 aliphatic heterocycles. The van der Waals surface area contributed by atoms with Crippen molar-refractivity contribution in [3.05, 3.63) is 82.6 Å². The second-order valence-corrected chi connectivity index (χ2v) is 11.6. The molecular formula is C32H33ClFN7O5. The number of fused-ring (bicyclic) bond motifs is 4. The molecule has 240 valence electrons. The number of amides is 3. The predicted octanol–water partition coefficient (Wildman–Crippen LogP) is 5.59. The molecule has 3 amide bonds. The summed E-state index contributed by atoms with van der Waals surface area (Å²) < 4.78 is 20.9. The van der Waals surface area contributed by atoms with E-state index in [0.29, 0.717) is 47.6 Å². The van der Waals surface area contributed by atoms with Gasteiger partial charge in [-0.3, -0.25) is 19.9 Å². The zero-order chi connectivity index (χ0) is 33.0. The van der Waals surface area contributed by atoms with E-state index in [1.54, 1.807) is 43.5 Å². The first-order valence-corrected chi connectivity index (χ1v) is 15.1. The number of anilines is 2. The van der Waals surface area contributed by atoms with E-state index in [2.05, 4.69) is 31.2 Å². The van der Waals surface area contributed by atoms with Gasteiger partial charge in [-0.05, 0) is 68.7 Å². The molecule has 0 aliphatic carbocycles. The molecule has 46 heavy (non-hydrogen) atoms. The van der Waals surface area contributed by atoms with Crippen LogP contribution in [0.3, 0.4) is 0 Å². The van der Waals surface area contributed by atoms with Gasteiger partial charge in [-0.25, -0.2) is 13.9 Å². The Morgan fingerprint density at radius 1 is 1.22 bits per heavy atom. The Hall–Kier alpha value is -4.88. The molecule has 0 spiro atoms. The van der Waals surface area contributed by atoms with Gasteiger partial charge < -0.3 is 20.5 Å². The SMILES string of the molecule is Cc1c(C(=O)N[C@H]2CCC[C@@H](C)C(=O)Nc3cc(NC(=O)OCC(C)O)ccc3-c3ccnc2c3)nnn1-c1cccc(Cl)c1F. The van der Waals surface area contributed by atoms with E-state index in [-0.39, 0.29) is 34.8 Å². The highest BCUT2D eigenvalue weighted by Gasteiger charge is 2.25. The van der Waals surface area contributed by atoms with Gasteiger partial charge in [-0.2, -0.15) is 0 Å².